The molecule has 0 aliphatic heterocycles. The lowest BCUT2D eigenvalue weighted by Gasteiger charge is -2.15. The smallest absolute Gasteiger partial charge is 0.313 e. The molecule has 0 fully saturated rings. The topological polar surface area (TPSA) is 78.4 Å². The van der Waals surface area contributed by atoms with Crippen LogP contribution in [0.1, 0.15) is 31.7 Å². The summed E-state index contributed by atoms with van der Waals surface area (Å²) >= 11 is 6.08. The fourth-order valence-electron chi connectivity index (χ4n) is 2.18. The van der Waals surface area contributed by atoms with E-state index in [1.54, 1.807) is 12.1 Å². The van der Waals surface area contributed by atoms with Gasteiger partial charge in [0.2, 0.25) is 0 Å². The molecule has 1 aromatic rings. The van der Waals surface area contributed by atoms with E-state index in [9.17, 15) is 9.59 Å². The fourth-order valence-corrected chi connectivity index (χ4v) is 2.35. The van der Waals surface area contributed by atoms with Crippen LogP contribution in [0.4, 0.5) is 5.69 Å². The number of benzene rings is 1. The molecule has 0 spiro atoms. The van der Waals surface area contributed by atoms with Gasteiger partial charge in [-0.2, -0.15) is 0 Å². The lowest BCUT2D eigenvalue weighted by molar-refractivity contribution is -0.136. The molecule has 0 aliphatic carbocycles. The molecule has 0 aliphatic rings. The highest BCUT2D eigenvalue weighted by molar-refractivity contribution is 6.41. The van der Waals surface area contributed by atoms with Gasteiger partial charge in [-0.25, -0.2) is 0 Å². The normalized spacial score (nSPS) is 11.8. The lowest BCUT2D eigenvalue weighted by Crippen LogP contribution is -2.38. The maximum Gasteiger partial charge on any atom is 0.313 e. The quantitative estimate of drug-likeness (QED) is 0.674. The third-order valence-electron chi connectivity index (χ3n) is 3.43. The van der Waals surface area contributed by atoms with E-state index in [1.165, 1.54) is 0 Å². The average Bonchev–Trinajstić information content (AvgIpc) is 2.49. The van der Waals surface area contributed by atoms with E-state index in [4.69, 9.17) is 16.7 Å². The number of aliphatic hydroxyl groups is 1. The summed E-state index contributed by atoms with van der Waals surface area (Å²) in [7, 11) is 0. The van der Waals surface area contributed by atoms with Gasteiger partial charge < -0.3 is 15.7 Å². The first kappa shape index (κ1) is 18.5. The predicted molar refractivity (Wildman–Crippen MR) is 87.9 cm³/mol. The Morgan fingerprint density at radius 3 is 2.64 bits per heavy atom. The zero-order valence-electron chi connectivity index (χ0n) is 13.0. The Hall–Kier alpha value is -1.59. The van der Waals surface area contributed by atoms with Crippen molar-refractivity contribution in [1.82, 2.24) is 5.32 Å². The zero-order chi connectivity index (χ0) is 16.5. The predicted octanol–water partition coefficient (Wildman–Crippen LogP) is 2.50. The summed E-state index contributed by atoms with van der Waals surface area (Å²) in [4.78, 5) is 23.7. The molecule has 1 unspecified atom stereocenters. The van der Waals surface area contributed by atoms with Crippen LogP contribution >= 0.6 is 11.6 Å². The number of amides is 2. The van der Waals surface area contributed by atoms with Gasteiger partial charge in [0.1, 0.15) is 0 Å². The molecule has 1 aromatic carbocycles. The minimum Gasteiger partial charge on any atom is -0.396 e. The summed E-state index contributed by atoms with van der Waals surface area (Å²) in [6, 6.07) is 5.22. The number of carbonyl (C=O) groups is 2. The third-order valence-corrected chi connectivity index (χ3v) is 3.93. The number of hydrogen-bond acceptors (Lipinski definition) is 3. The number of carbonyl (C=O) groups excluding carboxylic acids is 2. The first-order valence-electron chi connectivity index (χ1n) is 7.44. The maximum absolute atomic E-state index is 11.9. The average molecular weight is 327 g/mol. The Labute approximate surface area is 136 Å². The minimum atomic E-state index is -0.744. The van der Waals surface area contributed by atoms with Gasteiger partial charge in [0.25, 0.3) is 0 Å². The molecule has 0 heterocycles. The van der Waals surface area contributed by atoms with Crippen LogP contribution in [0.15, 0.2) is 18.2 Å². The summed E-state index contributed by atoms with van der Waals surface area (Å²) in [5, 5.41) is 14.5. The van der Waals surface area contributed by atoms with Crippen LogP contribution in [0.3, 0.4) is 0 Å². The number of rotatable bonds is 7. The Kier molecular flexibility index (Phi) is 7.91. The Balaban J connectivity index is 2.54. The lowest BCUT2D eigenvalue weighted by atomic mass is 10.0. The highest BCUT2D eigenvalue weighted by atomic mass is 35.5. The highest BCUT2D eigenvalue weighted by Gasteiger charge is 2.17. The summed E-state index contributed by atoms with van der Waals surface area (Å²) in [6.07, 6.45) is 2.47. The van der Waals surface area contributed by atoms with Crippen LogP contribution in [0.2, 0.25) is 5.02 Å². The monoisotopic (exact) mass is 326 g/mol. The highest BCUT2D eigenvalue weighted by Crippen LogP contribution is 2.24. The van der Waals surface area contributed by atoms with Crippen molar-refractivity contribution in [3.8, 4) is 0 Å². The Morgan fingerprint density at radius 2 is 2.00 bits per heavy atom. The summed E-state index contributed by atoms with van der Waals surface area (Å²) in [5.74, 6) is -1.27. The standard InChI is InChI=1S/C16H23ClN2O3/c1-3-5-12(8-9-20)10-18-15(21)16(22)19-13-7-4-6-11(2)14(13)17/h4,6-7,12,20H,3,5,8-10H2,1-2H3,(H,18,21)(H,19,22). The second-order valence-electron chi connectivity index (χ2n) is 5.27. The van der Waals surface area contributed by atoms with Crippen LogP contribution in [-0.4, -0.2) is 30.1 Å². The van der Waals surface area contributed by atoms with E-state index in [0.717, 1.165) is 18.4 Å². The Morgan fingerprint density at radius 1 is 1.27 bits per heavy atom. The van der Waals surface area contributed by atoms with Gasteiger partial charge in [0.15, 0.2) is 0 Å². The van der Waals surface area contributed by atoms with Crippen molar-refractivity contribution in [3.05, 3.63) is 28.8 Å². The molecular formula is C16H23ClN2O3. The van der Waals surface area contributed by atoms with E-state index in [0.29, 0.717) is 23.7 Å². The molecule has 1 atom stereocenters. The van der Waals surface area contributed by atoms with Crippen LogP contribution in [0, 0.1) is 12.8 Å². The molecule has 3 N–H and O–H groups in total. The zero-order valence-corrected chi connectivity index (χ0v) is 13.7. The molecule has 22 heavy (non-hydrogen) atoms. The van der Waals surface area contributed by atoms with Crippen molar-refractivity contribution in [1.29, 1.82) is 0 Å². The molecule has 0 bridgehead atoms. The molecule has 0 saturated heterocycles. The summed E-state index contributed by atoms with van der Waals surface area (Å²) in [5.41, 5.74) is 1.24. The van der Waals surface area contributed by atoms with Crippen molar-refractivity contribution in [2.75, 3.05) is 18.5 Å². The molecule has 0 radical (unpaired) electrons. The van der Waals surface area contributed by atoms with E-state index in [-0.39, 0.29) is 12.5 Å². The SMILES string of the molecule is CCCC(CCO)CNC(=O)C(=O)Nc1cccc(C)c1Cl. The molecule has 0 saturated carbocycles. The van der Waals surface area contributed by atoms with Crippen LogP contribution in [0.5, 0.6) is 0 Å². The van der Waals surface area contributed by atoms with Crippen molar-refractivity contribution < 1.29 is 14.7 Å². The number of halogens is 1. The van der Waals surface area contributed by atoms with Crippen LogP contribution in [0.25, 0.3) is 0 Å². The van der Waals surface area contributed by atoms with E-state index in [1.807, 2.05) is 19.9 Å². The van der Waals surface area contributed by atoms with Gasteiger partial charge in [-0.3, -0.25) is 9.59 Å². The van der Waals surface area contributed by atoms with Gasteiger partial charge >= 0.3 is 11.8 Å². The number of aliphatic hydroxyl groups excluding tert-OH is 1. The van der Waals surface area contributed by atoms with E-state index in [2.05, 4.69) is 10.6 Å². The number of aryl methyl sites for hydroxylation is 1. The largest absolute Gasteiger partial charge is 0.396 e. The number of nitrogens with one attached hydrogen (secondary N) is 2. The van der Waals surface area contributed by atoms with Gasteiger partial charge in [-0.15, -0.1) is 0 Å². The second kappa shape index (κ2) is 9.43. The van der Waals surface area contributed by atoms with E-state index < -0.39 is 11.8 Å². The summed E-state index contributed by atoms with van der Waals surface area (Å²) < 4.78 is 0. The van der Waals surface area contributed by atoms with Crippen molar-refractivity contribution in [2.24, 2.45) is 5.92 Å². The van der Waals surface area contributed by atoms with Crippen LogP contribution < -0.4 is 10.6 Å². The second-order valence-corrected chi connectivity index (χ2v) is 5.65. The number of hydrogen-bond donors (Lipinski definition) is 3. The molecule has 122 valence electrons. The van der Waals surface area contributed by atoms with Gasteiger partial charge in [0.05, 0.1) is 10.7 Å². The van der Waals surface area contributed by atoms with E-state index >= 15 is 0 Å². The maximum atomic E-state index is 11.9. The molecular weight excluding hydrogens is 304 g/mol. The summed E-state index contributed by atoms with van der Waals surface area (Å²) in [6.45, 7) is 4.31. The number of anilines is 1. The molecule has 5 nitrogen and oxygen atoms in total. The molecule has 0 aromatic heterocycles. The fraction of sp³-hybridized carbons (Fsp3) is 0.500. The third kappa shape index (κ3) is 5.66. The van der Waals surface area contributed by atoms with Crippen LogP contribution in [-0.2, 0) is 9.59 Å². The first-order valence-corrected chi connectivity index (χ1v) is 7.82. The minimum absolute atomic E-state index is 0.0750. The molecule has 6 heteroatoms. The van der Waals surface area contributed by atoms with Gasteiger partial charge in [-0.05, 0) is 37.3 Å². The Bertz CT molecular complexity index is 514. The van der Waals surface area contributed by atoms with Gasteiger partial charge in [-0.1, -0.05) is 37.1 Å². The first-order chi connectivity index (χ1) is 10.5. The van der Waals surface area contributed by atoms with Crippen molar-refractivity contribution in [3.63, 3.8) is 0 Å². The molecule has 2 amide bonds. The van der Waals surface area contributed by atoms with Gasteiger partial charge in [0, 0.05) is 13.2 Å². The van der Waals surface area contributed by atoms with Crippen molar-refractivity contribution in [2.45, 2.75) is 33.1 Å². The van der Waals surface area contributed by atoms with Crippen molar-refractivity contribution >= 4 is 29.1 Å². The molecule has 1 rings (SSSR count).